The zero-order valence-electron chi connectivity index (χ0n) is 10.9. The highest BCUT2D eigenvalue weighted by Crippen LogP contribution is 2.30. The highest BCUT2D eigenvalue weighted by molar-refractivity contribution is 5.68. The van der Waals surface area contributed by atoms with Gasteiger partial charge in [0.1, 0.15) is 5.65 Å². The second-order valence-electron chi connectivity index (χ2n) is 5.32. The van der Waals surface area contributed by atoms with Gasteiger partial charge in [0.25, 0.3) is 0 Å². The summed E-state index contributed by atoms with van der Waals surface area (Å²) in [4.78, 5) is 4.47. The van der Waals surface area contributed by atoms with E-state index in [1.165, 1.54) is 35.2 Å². The first-order valence-electron chi connectivity index (χ1n) is 6.97. The molecule has 0 radical (unpaired) electrons. The maximum atomic E-state index is 4.47. The summed E-state index contributed by atoms with van der Waals surface area (Å²) in [5.41, 5.74) is 6.54. The lowest BCUT2D eigenvalue weighted by molar-refractivity contribution is 0.738. The molecule has 0 spiro atoms. The Balaban J connectivity index is 1.80. The van der Waals surface area contributed by atoms with E-state index in [0.29, 0.717) is 0 Å². The first-order chi connectivity index (χ1) is 9.40. The molecule has 0 unspecified atom stereocenters. The van der Waals surface area contributed by atoms with Gasteiger partial charge in [-0.3, -0.25) is 4.40 Å². The molecule has 96 valence electrons. The molecule has 0 saturated heterocycles. The number of rotatable bonds is 2. The second kappa shape index (κ2) is 4.35. The lowest BCUT2D eigenvalue weighted by atomic mass is 10.0. The summed E-state index contributed by atoms with van der Waals surface area (Å²) in [5, 5.41) is 3.36. The molecule has 0 amide bonds. The molecule has 1 aliphatic carbocycles. The molecule has 1 N–H and O–H groups in total. The molecule has 0 atom stereocenters. The number of nitrogens with zero attached hydrogens (tertiary/aromatic N) is 2. The van der Waals surface area contributed by atoms with Gasteiger partial charge in [-0.25, -0.2) is 4.98 Å². The number of nitrogens with one attached hydrogen (secondary N) is 1. The molecule has 2 aliphatic rings. The molecule has 19 heavy (non-hydrogen) atoms. The summed E-state index contributed by atoms with van der Waals surface area (Å²) in [6.45, 7) is 2.05. The summed E-state index contributed by atoms with van der Waals surface area (Å²) in [7, 11) is 0. The van der Waals surface area contributed by atoms with E-state index in [4.69, 9.17) is 0 Å². The lowest BCUT2D eigenvalue weighted by Gasteiger charge is -2.14. The molecule has 2 aromatic rings. The van der Waals surface area contributed by atoms with Gasteiger partial charge in [-0.15, -0.1) is 0 Å². The first-order valence-corrected chi connectivity index (χ1v) is 6.97. The predicted octanol–water partition coefficient (Wildman–Crippen LogP) is 2.89. The molecule has 3 heterocycles. The molecule has 1 fully saturated rings. The van der Waals surface area contributed by atoms with Gasteiger partial charge < -0.3 is 5.32 Å². The van der Waals surface area contributed by atoms with Crippen LogP contribution in [0, 0.1) is 0 Å². The van der Waals surface area contributed by atoms with Crippen LogP contribution < -0.4 is 5.32 Å². The highest BCUT2D eigenvalue weighted by Gasteiger charge is 2.13. The van der Waals surface area contributed by atoms with Crippen LogP contribution >= 0.6 is 0 Å². The van der Waals surface area contributed by atoms with E-state index in [-0.39, 0.29) is 0 Å². The van der Waals surface area contributed by atoms with E-state index < -0.39 is 0 Å². The van der Waals surface area contributed by atoms with Crippen LogP contribution in [-0.2, 0) is 0 Å². The highest BCUT2D eigenvalue weighted by atomic mass is 15.0. The van der Waals surface area contributed by atoms with Crippen molar-refractivity contribution >= 4 is 17.3 Å². The Morgan fingerprint density at radius 3 is 2.95 bits per heavy atom. The zero-order valence-corrected chi connectivity index (χ0v) is 10.9. The van der Waals surface area contributed by atoms with Gasteiger partial charge in [-0.05, 0) is 55.2 Å². The maximum absolute atomic E-state index is 4.47. The van der Waals surface area contributed by atoms with Crippen LogP contribution in [0.3, 0.4) is 0 Å². The van der Waals surface area contributed by atoms with Crippen LogP contribution in [-0.4, -0.2) is 22.5 Å². The molecule has 1 aliphatic heterocycles. The number of aromatic nitrogens is 2. The number of allylic oxidation sites excluding steroid dienone is 1. The summed E-state index contributed by atoms with van der Waals surface area (Å²) in [6.07, 6.45) is 12.4. The fraction of sp³-hybridized carbons (Fsp3) is 0.312. The Morgan fingerprint density at radius 2 is 2.16 bits per heavy atom. The van der Waals surface area contributed by atoms with E-state index in [1.807, 2.05) is 6.20 Å². The largest absolute Gasteiger partial charge is 0.313 e. The Labute approximate surface area is 112 Å². The van der Waals surface area contributed by atoms with Gasteiger partial charge in [0.15, 0.2) is 0 Å². The topological polar surface area (TPSA) is 29.3 Å². The number of fused-ring (bicyclic) bond motifs is 1. The lowest BCUT2D eigenvalue weighted by Crippen LogP contribution is -2.20. The van der Waals surface area contributed by atoms with Crippen molar-refractivity contribution in [1.82, 2.24) is 14.7 Å². The van der Waals surface area contributed by atoms with Gasteiger partial charge in [-0.2, -0.15) is 0 Å². The Hall–Kier alpha value is -1.87. The van der Waals surface area contributed by atoms with E-state index in [2.05, 4.69) is 45.2 Å². The Kier molecular flexibility index (Phi) is 2.52. The van der Waals surface area contributed by atoms with Crippen LogP contribution in [0.1, 0.15) is 30.5 Å². The quantitative estimate of drug-likeness (QED) is 0.889. The Morgan fingerprint density at radius 1 is 1.21 bits per heavy atom. The fourth-order valence-electron chi connectivity index (χ4n) is 2.61. The van der Waals surface area contributed by atoms with Crippen molar-refractivity contribution in [2.24, 2.45) is 0 Å². The average Bonchev–Trinajstić information content (AvgIpc) is 3.20. The predicted molar refractivity (Wildman–Crippen MR) is 77.9 cm³/mol. The van der Waals surface area contributed by atoms with Crippen LogP contribution in [0.25, 0.3) is 17.3 Å². The van der Waals surface area contributed by atoms with Gasteiger partial charge in [0.05, 0.1) is 11.9 Å². The zero-order chi connectivity index (χ0) is 12.7. The summed E-state index contributed by atoms with van der Waals surface area (Å²) in [6, 6.07) is 4.31. The maximum Gasteiger partial charge on any atom is 0.137 e. The van der Waals surface area contributed by atoms with Crippen molar-refractivity contribution in [3.63, 3.8) is 0 Å². The van der Waals surface area contributed by atoms with Crippen molar-refractivity contribution < 1.29 is 0 Å². The summed E-state index contributed by atoms with van der Waals surface area (Å²) < 4.78 is 2.21. The van der Waals surface area contributed by atoms with Gasteiger partial charge in [0.2, 0.25) is 0 Å². The first kappa shape index (κ1) is 11.0. The molecular weight excluding hydrogens is 234 g/mol. The third-order valence-corrected chi connectivity index (χ3v) is 3.86. The molecule has 3 nitrogen and oxygen atoms in total. The minimum Gasteiger partial charge on any atom is -0.313 e. The molecule has 3 heteroatoms. The van der Waals surface area contributed by atoms with Crippen LogP contribution in [0.4, 0.5) is 0 Å². The fourth-order valence-corrected chi connectivity index (χ4v) is 2.61. The van der Waals surface area contributed by atoms with Gasteiger partial charge in [-0.1, -0.05) is 11.6 Å². The minimum atomic E-state index is 0.980. The number of imidazole rings is 1. The van der Waals surface area contributed by atoms with E-state index in [1.54, 1.807) is 0 Å². The smallest absolute Gasteiger partial charge is 0.137 e. The SMILES string of the molecule is C(=C1CC1)c1cnc2ccc(C3=CCNCC3)cn12. The van der Waals surface area contributed by atoms with E-state index in [9.17, 15) is 0 Å². The number of hydrogen-bond donors (Lipinski definition) is 1. The number of pyridine rings is 1. The van der Waals surface area contributed by atoms with E-state index >= 15 is 0 Å². The third-order valence-electron chi connectivity index (χ3n) is 3.86. The van der Waals surface area contributed by atoms with Crippen molar-refractivity contribution in [3.05, 3.63) is 47.4 Å². The summed E-state index contributed by atoms with van der Waals surface area (Å²) >= 11 is 0. The molecule has 4 rings (SSSR count). The molecular formula is C16H17N3. The van der Waals surface area contributed by atoms with E-state index in [0.717, 1.165) is 25.2 Å². The van der Waals surface area contributed by atoms with Crippen molar-refractivity contribution in [2.45, 2.75) is 19.3 Å². The third kappa shape index (κ3) is 2.10. The normalized spacial score (nSPS) is 18.5. The van der Waals surface area contributed by atoms with Crippen LogP contribution in [0.2, 0.25) is 0 Å². The van der Waals surface area contributed by atoms with Crippen LogP contribution in [0.15, 0.2) is 36.2 Å². The molecule has 1 saturated carbocycles. The van der Waals surface area contributed by atoms with Crippen molar-refractivity contribution in [2.75, 3.05) is 13.1 Å². The van der Waals surface area contributed by atoms with Gasteiger partial charge >= 0.3 is 0 Å². The van der Waals surface area contributed by atoms with Gasteiger partial charge in [0, 0.05) is 12.7 Å². The Bertz CT molecular complexity index is 685. The van der Waals surface area contributed by atoms with Crippen LogP contribution in [0.5, 0.6) is 0 Å². The number of hydrogen-bond acceptors (Lipinski definition) is 2. The second-order valence-corrected chi connectivity index (χ2v) is 5.32. The van der Waals surface area contributed by atoms with Crippen molar-refractivity contribution in [3.8, 4) is 0 Å². The molecule has 2 aromatic heterocycles. The standard InChI is InChI=1S/C16H17N3/c1-2-12(1)9-15-10-18-16-4-3-14(11-19(15)16)13-5-7-17-8-6-13/h3-5,9-11,17H,1-2,6-8H2. The summed E-state index contributed by atoms with van der Waals surface area (Å²) in [5.74, 6) is 0. The monoisotopic (exact) mass is 251 g/mol. The van der Waals surface area contributed by atoms with Crippen molar-refractivity contribution in [1.29, 1.82) is 0 Å². The minimum absolute atomic E-state index is 0.980. The molecule has 0 bridgehead atoms. The molecule has 0 aromatic carbocycles. The average molecular weight is 251 g/mol.